The molecule has 2 aliphatic heterocycles. The molecule has 0 aromatic heterocycles. The molecule has 5 nitrogen and oxygen atoms in total. The number of hydrogen-bond donors (Lipinski definition) is 2. The van der Waals surface area contributed by atoms with Crippen LogP contribution in [0, 0.1) is 6.92 Å². The number of carbonyl (C=O) groups excluding carboxylic acids is 1. The number of benzene rings is 1. The van der Waals surface area contributed by atoms with Crippen molar-refractivity contribution in [2.24, 2.45) is 4.99 Å². The van der Waals surface area contributed by atoms with E-state index in [0.29, 0.717) is 16.2 Å². The van der Waals surface area contributed by atoms with Gasteiger partial charge in [0.2, 0.25) is 0 Å². The predicted molar refractivity (Wildman–Crippen MR) is 138 cm³/mol. The Kier molecular flexibility index (Phi) is 8.65. The molecule has 0 fully saturated rings. The van der Waals surface area contributed by atoms with Gasteiger partial charge in [0, 0.05) is 17.4 Å². The van der Waals surface area contributed by atoms with Gasteiger partial charge in [0.25, 0.3) is 5.91 Å². The molecule has 1 atom stereocenters. The molecule has 0 saturated heterocycles. The molecular formula is C25H34N2O3S2. The Hall–Kier alpha value is -1.99. The minimum atomic E-state index is -1.17. The summed E-state index contributed by atoms with van der Waals surface area (Å²) in [5, 5.41) is 10.3. The molecule has 0 radical (unpaired) electrons. The molecule has 2 heterocycles. The van der Waals surface area contributed by atoms with Crippen molar-refractivity contribution in [1.82, 2.24) is 4.90 Å². The number of aliphatic imine (C=N–C) groups is 1. The maximum atomic E-state index is 13.5. The molecule has 1 amide bonds. The van der Waals surface area contributed by atoms with Crippen LogP contribution < -0.4 is 0 Å². The second-order valence-corrected chi connectivity index (χ2v) is 12.0. The fourth-order valence-electron chi connectivity index (χ4n) is 3.99. The van der Waals surface area contributed by atoms with Crippen molar-refractivity contribution in [2.45, 2.75) is 65.8 Å². The maximum Gasteiger partial charge on any atom is 0.343 e. The average molecular weight is 475 g/mol. The number of hydrogen-bond acceptors (Lipinski definition) is 4. The van der Waals surface area contributed by atoms with E-state index in [-0.39, 0.29) is 11.9 Å². The van der Waals surface area contributed by atoms with Crippen LogP contribution in [0.15, 0.2) is 50.8 Å². The van der Waals surface area contributed by atoms with Crippen LogP contribution in [0.2, 0.25) is 0 Å². The molecule has 0 saturated carbocycles. The van der Waals surface area contributed by atoms with E-state index in [1.54, 1.807) is 16.7 Å². The first-order valence-electron chi connectivity index (χ1n) is 11.4. The minimum absolute atomic E-state index is 0.159. The number of carboxylic acid groups (broad SMARTS) is 1. The van der Waals surface area contributed by atoms with Crippen LogP contribution >= 0.6 is 22.7 Å². The molecule has 0 spiro atoms. The molecule has 174 valence electrons. The van der Waals surface area contributed by atoms with E-state index in [1.807, 2.05) is 51.1 Å². The van der Waals surface area contributed by atoms with Gasteiger partial charge in [-0.1, -0.05) is 55.6 Å². The lowest BCUT2D eigenvalue weighted by molar-refractivity contribution is -0.131. The fraction of sp³-hybridized carbons (Fsp3) is 0.480. The first-order valence-corrected chi connectivity index (χ1v) is 13.7. The SMILES string of the molecule is CCCCCCC1=CC(N(C(=O)c2ccc(C)cc2)C(C)C)=C(C(=O)O)[SH]1C1=NCCS1. The summed E-state index contributed by atoms with van der Waals surface area (Å²) in [5.41, 5.74) is 2.20. The van der Waals surface area contributed by atoms with Gasteiger partial charge in [-0.05, 0) is 56.7 Å². The summed E-state index contributed by atoms with van der Waals surface area (Å²) in [5.74, 6) is -0.202. The topological polar surface area (TPSA) is 70.0 Å². The van der Waals surface area contributed by atoms with Crippen LogP contribution in [0.3, 0.4) is 0 Å². The van der Waals surface area contributed by atoms with Crippen LogP contribution in [0.4, 0.5) is 0 Å². The van der Waals surface area contributed by atoms with Crippen molar-refractivity contribution in [3.8, 4) is 0 Å². The van der Waals surface area contributed by atoms with Gasteiger partial charge >= 0.3 is 5.97 Å². The number of unbranched alkanes of at least 4 members (excludes halogenated alkanes) is 3. The van der Waals surface area contributed by atoms with Gasteiger partial charge in [-0.25, -0.2) is 4.79 Å². The largest absolute Gasteiger partial charge is 0.477 e. The van der Waals surface area contributed by atoms with Gasteiger partial charge in [0.1, 0.15) is 9.28 Å². The highest BCUT2D eigenvalue weighted by Crippen LogP contribution is 2.57. The predicted octanol–water partition coefficient (Wildman–Crippen LogP) is 6.11. The lowest BCUT2D eigenvalue weighted by atomic mass is 10.1. The summed E-state index contributed by atoms with van der Waals surface area (Å²) in [6.07, 6.45) is 7.35. The lowest BCUT2D eigenvalue weighted by Crippen LogP contribution is -2.36. The number of thiol groups is 1. The van der Waals surface area contributed by atoms with Crippen molar-refractivity contribution in [2.75, 3.05) is 12.3 Å². The third-order valence-corrected chi connectivity index (χ3v) is 9.63. The van der Waals surface area contributed by atoms with E-state index >= 15 is 0 Å². The highest BCUT2D eigenvalue weighted by Gasteiger charge is 2.38. The molecule has 0 bridgehead atoms. The Balaban J connectivity index is 2.04. The Morgan fingerprint density at radius 3 is 2.47 bits per heavy atom. The van der Waals surface area contributed by atoms with Crippen LogP contribution in [-0.2, 0) is 4.79 Å². The summed E-state index contributed by atoms with van der Waals surface area (Å²) in [7, 11) is -1.17. The number of aliphatic carboxylic acids is 1. The van der Waals surface area contributed by atoms with Gasteiger partial charge in [0.15, 0.2) is 0 Å². The van der Waals surface area contributed by atoms with Gasteiger partial charge < -0.3 is 10.0 Å². The monoisotopic (exact) mass is 474 g/mol. The standard InChI is InChI=1S/C25H34N2O3S2/c1-5-6-7-8-9-20-16-21(22(24(29)30)32(20)25-26-14-15-31-25)27(17(2)3)23(28)19-12-10-18(4)11-13-19/h10-13,16-17,32H,5-9,14-15H2,1-4H3,(H,29,30). The van der Waals surface area contributed by atoms with Crippen molar-refractivity contribution in [1.29, 1.82) is 0 Å². The van der Waals surface area contributed by atoms with Crippen molar-refractivity contribution in [3.05, 3.63) is 57.0 Å². The molecule has 7 heteroatoms. The molecule has 1 aromatic carbocycles. The molecule has 0 aliphatic carbocycles. The van der Waals surface area contributed by atoms with E-state index in [9.17, 15) is 14.7 Å². The molecule has 3 rings (SSSR count). The van der Waals surface area contributed by atoms with Crippen LogP contribution in [0.1, 0.15) is 68.8 Å². The zero-order valence-electron chi connectivity index (χ0n) is 19.4. The molecule has 2 aliphatic rings. The quantitative estimate of drug-likeness (QED) is 0.334. The highest BCUT2D eigenvalue weighted by molar-refractivity contribution is 8.51. The van der Waals surface area contributed by atoms with E-state index in [2.05, 4.69) is 11.9 Å². The maximum absolute atomic E-state index is 13.5. The second-order valence-electron chi connectivity index (χ2n) is 8.47. The number of rotatable bonds is 9. The molecule has 1 N–H and O–H groups in total. The van der Waals surface area contributed by atoms with E-state index < -0.39 is 16.9 Å². The zero-order chi connectivity index (χ0) is 23.3. The first-order chi connectivity index (χ1) is 15.3. The third kappa shape index (κ3) is 5.49. The van der Waals surface area contributed by atoms with Gasteiger partial charge in [-0.3, -0.25) is 9.79 Å². The Labute approximate surface area is 198 Å². The normalized spacial score (nSPS) is 19.3. The fourth-order valence-corrected chi connectivity index (χ4v) is 8.14. The number of thioether (sulfide) groups is 1. The van der Waals surface area contributed by atoms with Crippen LogP contribution in [-0.4, -0.2) is 44.6 Å². The van der Waals surface area contributed by atoms with E-state index in [1.165, 1.54) is 6.42 Å². The first kappa shape index (κ1) is 24.6. The van der Waals surface area contributed by atoms with E-state index in [4.69, 9.17) is 0 Å². The summed E-state index contributed by atoms with van der Waals surface area (Å²) in [4.78, 5) is 33.9. The summed E-state index contributed by atoms with van der Waals surface area (Å²) < 4.78 is 0.945. The van der Waals surface area contributed by atoms with Crippen molar-refractivity contribution < 1.29 is 14.7 Å². The smallest absolute Gasteiger partial charge is 0.343 e. The summed E-state index contributed by atoms with van der Waals surface area (Å²) in [6, 6.07) is 7.30. The molecule has 32 heavy (non-hydrogen) atoms. The summed E-state index contributed by atoms with van der Waals surface area (Å²) in [6.45, 7) is 8.79. The second kappa shape index (κ2) is 11.2. The summed E-state index contributed by atoms with van der Waals surface area (Å²) >= 11 is 1.67. The third-order valence-electron chi connectivity index (χ3n) is 5.60. The lowest BCUT2D eigenvalue weighted by Gasteiger charge is -2.29. The van der Waals surface area contributed by atoms with Gasteiger partial charge in [-0.2, -0.15) is 0 Å². The number of carboxylic acids is 1. The highest BCUT2D eigenvalue weighted by atomic mass is 32.2. The number of aryl methyl sites for hydroxylation is 1. The van der Waals surface area contributed by atoms with Crippen molar-refractivity contribution in [3.63, 3.8) is 0 Å². The minimum Gasteiger partial charge on any atom is -0.477 e. The molecule has 1 unspecified atom stereocenters. The van der Waals surface area contributed by atoms with Gasteiger partial charge in [0.05, 0.1) is 12.2 Å². The Morgan fingerprint density at radius 2 is 1.91 bits per heavy atom. The van der Waals surface area contributed by atoms with Gasteiger partial charge in [-0.15, -0.1) is 10.9 Å². The Morgan fingerprint density at radius 1 is 1.19 bits per heavy atom. The number of carbonyl (C=O) groups is 2. The average Bonchev–Trinajstić information content (AvgIpc) is 3.39. The van der Waals surface area contributed by atoms with E-state index in [0.717, 1.165) is 52.8 Å². The molecule has 1 aromatic rings. The Bertz CT molecular complexity index is 948. The number of amides is 1. The molecular weight excluding hydrogens is 440 g/mol. The van der Waals surface area contributed by atoms with Crippen molar-refractivity contribution >= 4 is 38.9 Å². The van der Waals surface area contributed by atoms with Crippen LogP contribution in [0.25, 0.3) is 0 Å². The zero-order valence-corrected chi connectivity index (χ0v) is 21.1. The van der Waals surface area contributed by atoms with Crippen LogP contribution in [0.5, 0.6) is 0 Å². The number of nitrogens with zero attached hydrogens (tertiary/aromatic N) is 2. The number of allylic oxidation sites excluding steroid dienone is 2.